The van der Waals surface area contributed by atoms with Crippen molar-refractivity contribution in [2.24, 2.45) is 0 Å². The van der Waals surface area contributed by atoms with Crippen molar-refractivity contribution in [2.75, 3.05) is 30.5 Å². The van der Waals surface area contributed by atoms with E-state index in [0.29, 0.717) is 12.2 Å². The van der Waals surface area contributed by atoms with E-state index in [1.165, 1.54) is 22.5 Å². The van der Waals surface area contributed by atoms with Crippen molar-refractivity contribution in [2.45, 2.75) is 22.5 Å². The average Bonchev–Trinajstić information content (AvgIpc) is 3.16. The van der Waals surface area contributed by atoms with Gasteiger partial charge in [0.25, 0.3) is 10.0 Å². The number of anilines is 1. The molecule has 2 aliphatic heterocycles. The van der Waals surface area contributed by atoms with Gasteiger partial charge in [-0.25, -0.2) is 12.8 Å². The van der Waals surface area contributed by atoms with Gasteiger partial charge in [0.15, 0.2) is 0 Å². The van der Waals surface area contributed by atoms with E-state index in [9.17, 15) is 12.8 Å². The van der Waals surface area contributed by atoms with Gasteiger partial charge in [-0.15, -0.1) is 17.9 Å². The van der Waals surface area contributed by atoms with E-state index in [1.807, 2.05) is 6.08 Å². The van der Waals surface area contributed by atoms with Crippen LogP contribution >= 0.6 is 34.5 Å². The van der Waals surface area contributed by atoms with Gasteiger partial charge in [-0.05, 0) is 55.8 Å². The average molecular weight is 461 g/mol. The lowest BCUT2D eigenvalue weighted by molar-refractivity contribution is 0.182. The van der Waals surface area contributed by atoms with E-state index >= 15 is 0 Å². The van der Waals surface area contributed by atoms with Gasteiger partial charge in [-0.1, -0.05) is 29.3 Å². The molecule has 1 aromatic heterocycles. The van der Waals surface area contributed by atoms with Crippen LogP contribution in [0.4, 0.5) is 10.1 Å². The molecular formula is C19H19Cl2FN2O2S2. The largest absolute Gasteiger partial charge is 0.300 e. The minimum atomic E-state index is -3.83. The molecule has 0 radical (unpaired) electrons. The fourth-order valence-corrected chi connectivity index (χ4v) is 7.71. The molecular weight excluding hydrogens is 442 g/mol. The summed E-state index contributed by atoms with van der Waals surface area (Å²) in [5.41, 5.74) is 0.912. The summed E-state index contributed by atoms with van der Waals surface area (Å²) in [5, 5.41) is 0.219. The van der Waals surface area contributed by atoms with Crippen LogP contribution in [0.2, 0.25) is 9.36 Å². The minimum Gasteiger partial charge on any atom is -0.300 e. The Morgan fingerprint density at radius 3 is 2.57 bits per heavy atom. The van der Waals surface area contributed by atoms with Gasteiger partial charge in [0, 0.05) is 18.5 Å². The van der Waals surface area contributed by atoms with E-state index < -0.39 is 15.4 Å². The first-order valence-corrected chi connectivity index (χ1v) is 11.9. The van der Waals surface area contributed by atoms with Gasteiger partial charge >= 0.3 is 0 Å². The van der Waals surface area contributed by atoms with Gasteiger partial charge in [0.05, 0.1) is 10.7 Å². The number of thiophene rings is 1. The Morgan fingerprint density at radius 2 is 1.96 bits per heavy atom. The molecule has 150 valence electrons. The lowest BCUT2D eigenvalue weighted by Crippen LogP contribution is -2.46. The number of halogens is 3. The number of likely N-dealkylation sites (tertiary alicyclic amines) is 1. The maximum atomic E-state index is 14.1. The fraction of sp³-hybridized carbons (Fsp3) is 0.368. The molecule has 1 saturated heterocycles. The van der Waals surface area contributed by atoms with Crippen LogP contribution in [0.1, 0.15) is 18.4 Å². The number of hydrogen-bond acceptors (Lipinski definition) is 4. The normalized spacial score (nSPS) is 19.2. The zero-order valence-corrected chi connectivity index (χ0v) is 18.1. The Bertz CT molecular complexity index is 1010. The highest BCUT2D eigenvalue weighted by Crippen LogP contribution is 2.50. The van der Waals surface area contributed by atoms with Gasteiger partial charge in [0.2, 0.25) is 0 Å². The lowest BCUT2D eigenvalue weighted by atomic mass is 9.74. The zero-order chi connectivity index (χ0) is 20.1. The molecule has 28 heavy (non-hydrogen) atoms. The van der Waals surface area contributed by atoms with Gasteiger partial charge in [0.1, 0.15) is 14.4 Å². The van der Waals surface area contributed by atoms with E-state index in [-0.39, 0.29) is 19.4 Å². The highest BCUT2D eigenvalue weighted by atomic mass is 35.5. The first-order valence-electron chi connectivity index (χ1n) is 8.88. The number of piperidine rings is 1. The molecule has 4 rings (SSSR count). The summed E-state index contributed by atoms with van der Waals surface area (Å²) in [6, 6.07) is 5.73. The topological polar surface area (TPSA) is 40.6 Å². The molecule has 0 saturated carbocycles. The Hall–Kier alpha value is -1.12. The Morgan fingerprint density at radius 1 is 1.25 bits per heavy atom. The van der Waals surface area contributed by atoms with Crippen molar-refractivity contribution >= 4 is 50.2 Å². The molecule has 0 aliphatic carbocycles. The number of fused-ring (bicyclic) bond motifs is 2. The molecule has 2 aromatic rings. The number of nitrogens with zero attached hydrogens (tertiary/aromatic N) is 2. The Labute approximate surface area is 178 Å². The predicted octanol–water partition coefficient (Wildman–Crippen LogP) is 4.92. The number of benzene rings is 1. The van der Waals surface area contributed by atoms with Crippen LogP contribution in [0.25, 0.3) is 0 Å². The van der Waals surface area contributed by atoms with E-state index in [4.69, 9.17) is 23.2 Å². The van der Waals surface area contributed by atoms with E-state index in [1.54, 1.807) is 6.07 Å². The minimum absolute atomic E-state index is 0.0962. The summed E-state index contributed by atoms with van der Waals surface area (Å²) < 4.78 is 42.5. The molecule has 0 amide bonds. The van der Waals surface area contributed by atoms with E-state index in [2.05, 4.69) is 11.5 Å². The monoisotopic (exact) mass is 460 g/mol. The molecule has 2 aliphatic rings. The van der Waals surface area contributed by atoms with E-state index in [0.717, 1.165) is 49.4 Å². The van der Waals surface area contributed by atoms with Crippen LogP contribution in [0.15, 0.2) is 41.1 Å². The smallest absolute Gasteiger partial charge is 0.273 e. The van der Waals surface area contributed by atoms with Crippen molar-refractivity contribution in [3.8, 4) is 0 Å². The van der Waals surface area contributed by atoms with Gasteiger partial charge in [-0.3, -0.25) is 9.21 Å². The van der Waals surface area contributed by atoms with Crippen molar-refractivity contribution < 1.29 is 12.8 Å². The van der Waals surface area contributed by atoms with Crippen LogP contribution in [0, 0.1) is 5.82 Å². The highest BCUT2D eigenvalue weighted by molar-refractivity contribution is 7.94. The molecule has 9 heteroatoms. The van der Waals surface area contributed by atoms with Crippen molar-refractivity contribution in [3.63, 3.8) is 0 Å². The maximum absolute atomic E-state index is 14.1. The van der Waals surface area contributed by atoms with Crippen LogP contribution < -0.4 is 4.31 Å². The molecule has 0 bridgehead atoms. The maximum Gasteiger partial charge on any atom is 0.273 e. The summed E-state index contributed by atoms with van der Waals surface area (Å²) in [7, 11) is -3.83. The third-order valence-electron chi connectivity index (χ3n) is 5.61. The van der Waals surface area contributed by atoms with Crippen LogP contribution in [0.3, 0.4) is 0 Å². The molecule has 1 aromatic carbocycles. The molecule has 0 atom stereocenters. The SMILES string of the molecule is C=CCN1CCC2(CC1)CN(S(=O)(=O)c1cc(Cl)c(Cl)s1)c1ccc(F)cc12. The van der Waals surface area contributed by atoms with Crippen molar-refractivity contribution in [1.82, 2.24) is 4.90 Å². The molecule has 1 fully saturated rings. The number of rotatable bonds is 4. The predicted molar refractivity (Wildman–Crippen MR) is 113 cm³/mol. The summed E-state index contributed by atoms with van der Waals surface area (Å²) in [6.45, 7) is 6.49. The van der Waals surface area contributed by atoms with Crippen LogP contribution in [-0.2, 0) is 15.4 Å². The first-order chi connectivity index (χ1) is 13.3. The summed E-state index contributed by atoms with van der Waals surface area (Å²) >= 11 is 12.9. The quantitative estimate of drug-likeness (QED) is 0.607. The molecule has 0 N–H and O–H groups in total. The van der Waals surface area contributed by atoms with Crippen molar-refractivity contribution in [1.29, 1.82) is 0 Å². The molecule has 3 heterocycles. The molecule has 0 unspecified atom stereocenters. The van der Waals surface area contributed by atoms with Crippen molar-refractivity contribution in [3.05, 3.63) is 57.7 Å². The lowest BCUT2D eigenvalue weighted by Gasteiger charge is -2.39. The third kappa shape index (κ3) is 3.27. The number of hydrogen-bond donors (Lipinski definition) is 0. The third-order valence-corrected chi connectivity index (χ3v) is 9.69. The second-order valence-corrected chi connectivity index (χ2v) is 11.4. The van der Waals surface area contributed by atoms with Crippen LogP contribution in [-0.4, -0.2) is 39.5 Å². The summed E-state index contributed by atoms with van der Waals surface area (Å²) in [4.78, 5) is 2.27. The molecule has 4 nitrogen and oxygen atoms in total. The number of sulfonamides is 1. The fourth-order valence-electron chi connectivity index (χ4n) is 4.15. The highest BCUT2D eigenvalue weighted by Gasteiger charge is 2.48. The second-order valence-electron chi connectivity index (χ2n) is 7.23. The van der Waals surface area contributed by atoms with Gasteiger partial charge < -0.3 is 0 Å². The van der Waals surface area contributed by atoms with Gasteiger partial charge in [-0.2, -0.15) is 0 Å². The molecule has 1 spiro atoms. The summed E-state index contributed by atoms with van der Waals surface area (Å²) in [6.07, 6.45) is 3.38. The first kappa shape index (κ1) is 20.2. The Balaban J connectivity index is 1.75. The Kier molecular flexibility index (Phi) is 5.25. The van der Waals surface area contributed by atoms with Crippen LogP contribution in [0.5, 0.6) is 0 Å². The summed E-state index contributed by atoms with van der Waals surface area (Å²) in [5.74, 6) is -0.354. The second kappa shape index (κ2) is 7.29. The standard InChI is InChI=1S/C19H19Cl2FN2O2S2/c1-2-7-23-8-5-19(6-9-23)12-24(16-4-3-13(22)10-14(16)19)28(25,26)17-11-15(20)18(21)27-17/h2-4,10-11H,1,5-9,12H2. The zero-order valence-electron chi connectivity index (χ0n) is 15.0.